The summed E-state index contributed by atoms with van der Waals surface area (Å²) in [4.78, 5) is 26.0. The van der Waals surface area contributed by atoms with E-state index in [2.05, 4.69) is 36.3 Å². The van der Waals surface area contributed by atoms with Gasteiger partial charge in [0, 0.05) is 25.6 Å². The Morgan fingerprint density at radius 2 is 1.60 bits per heavy atom. The molecule has 0 radical (unpaired) electrons. The molecule has 0 saturated carbocycles. The number of hydrogen-bond acceptors (Lipinski definition) is 10. The number of methoxy groups -OCH3 is 1. The first kappa shape index (κ1) is 31.7. The lowest BCUT2D eigenvalue weighted by Crippen LogP contribution is -2.27. The minimum atomic E-state index is -0.264. The third-order valence-corrected chi connectivity index (χ3v) is 7.34. The van der Waals surface area contributed by atoms with E-state index in [0.717, 1.165) is 53.2 Å². The van der Waals surface area contributed by atoms with Gasteiger partial charge in [0.1, 0.15) is 11.2 Å². The highest BCUT2D eigenvalue weighted by atomic mass is 32.1. The summed E-state index contributed by atoms with van der Waals surface area (Å²) in [5, 5.41) is 27.7. The largest absolute Gasteiger partial charge is 0.361 e. The predicted molar refractivity (Wildman–Crippen MR) is 169 cm³/mol. The molecule has 0 bridgehead atoms. The van der Waals surface area contributed by atoms with Gasteiger partial charge in [-0.2, -0.15) is 5.10 Å². The number of carbonyl (C=O) groups excluding carboxylic acids is 2. The van der Waals surface area contributed by atoms with E-state index >= 15 is 0 Å². The molecule has 2 heterocycles. The van der Waals surface area contributed by atoms with Crippen molar-refractivity contribution in [3.8, 4) is 0 Å². The minimum absolute atomic E-state index is 0.0504. The molecule has 2 aromatic heterocycles. The zero-order valence-corrected chi connectivity index (χ0v) is 25.6. The van der Waals surface area contributed by atoms with Crippen molar-refractivity contribution in [2.45, 2.75) is 44.8 Å². The predicted octanol–water partition coefficient (Wildman–Crippen LogP) is 4.20. The maximum Gasteiger partial charge on any atom is 0.238 e. The lowest BCUT2D eigenvalue weighted by atomic mass is 10.1. The average Bonchev–Trinajstić information content (AvgIpc) is 3.44. The molecule has 226 valence electrons. The van der Waals surface area contributed by atoms with Crippen LogP contribution in [0.5, 0.6) is 0 Å². The fraction of sp³-hybridized carbons (Fsp3) is 0.355. The number of nitrogens with one attached hydrogen (secondary N) is 3. The summed E-state index contributed by atoms with van der Waals surface area (Å²) in [6.07, 6.45) is 4.15. The van der Waals surface area contributed by atoms with Crippen LogP contribution in [0.2, 0.25) is 0 Å². The maximum atomic E-state index is 12.2. The van der Waals surface area contributed by atoms with Crippen LogP contribution in [-0.2, 0) is 40.0 Å². The standard InChI is InChI=1S/C31H38N8O3S/c1-39(2)21-28(41)32-24-15-13-23(14-16-24)20-29(42-3)34-31-38-37-30(43-31)12-8-7-11-25-17-18-26(36-35-25)33-27(40)19-22-9-5-4-6-10-22/h4-6,9-10,13-18,29H,7-8,11-12,19-21H2,1-3H3,(H,32,41)(H,34,38)(H,33,36,40). The fourth-order valence-electron chi connectivity index (χ4n) is 4.28. The second-order valence-electron chi connectivity index (χ2n) is 10.4. The zero-order chi connectivity index (χ0) is 30.4. The normalized spacial score (nSPS) is 11.7. The molecule has 0 spiro atoms. The molecule has 0 aliphatic carbocycles. The van der Waals surface area contributed by atoms with Gasteiger partial charge in [-0.05, 0) is 68.8 Å². The first-order valence-electron chi connectivity index (χ1n) is 14.2. The summed E-state index contributed by atoms with van der Waals surface area (Å²) in [6, 6.07) is 21.0. The molecule has 1 unspecified atom stereocenters. The first-order valence-corrected chi connectivity index (χ1v) is 15.0. The lowest BCUT2D eigenvalue weighted by Gasteiger charge is -2.16. The van der Waals surface area contributed by atoms with Gasteiger partial charge in [-0.3, -0.25) is 9.59 Å². The number of likely N-dealkylation sites (N-methyl/N-ethyl adjacent to an activating group) is 1. The molecule has 2 amide bonds. The first-order chi connectivity index (χ1) is 20.9. The topological polar surface area (TPSA) is 134 Å². The van der Waals surface area contributed by atoms with Crippen molar-refractivity contribution in [1.82, 2.24) is 25.3 Å². The molecule has 0 aliphatic heterocycles. The number of hydrogen-bond donors (Lipinski definition) is 3. The van der Waals surface area contributed by atoms with Crippen molar-refractivity contribution in [2.24, 2.45) is 0 Å². The summed E-state index contributed by atoms with van der Waals surface area (Å²) < 4.78 is 5.63. The van der Waals surface area contributed by atoms with Crippen LogP contribution in [0.15, 0.2) is 66.7 Å². The highest BCUT2D eigenvalue weighted by Gasteiger charge is 2.13. The number of aryl methyl sites for hydroxylation is 2. The molecular formula is C31H38N8O3S. The Morgan fingerprint density at radius 1 is 0.837 bits per heavy atom. The Balaban J connectivity index is 1.15. The number of benzene rings is 2. The van der Waals surface area contributed by atoms with E-state index < -0.39 is 0 Å². The van der Waals surface area contributed by atoms with E-state index in [0.29, 0.717) is 30.3 Å². The van der Waals surface area contributed by atoms with E-state index in [1.807, 2.05) is 79.7 Å². The van der Waals surface area contributed by atoms with E-state index in [-0.39, 0.29) is 18.0 Å². The molecule has 2 aromatic carbocycles. The molecule has 11 nitrogen and oxygen atoms in total. The third kappa shape index (κ3) is 11.2. The molecule has 1 atom stereocenters. The van der Waals surface area contributed by atoms with Crippen LogP contribution in [0.4, 0.5) is 16.6 Å². The van der Waals surface area contributed by atoms with Gasteiger partial charge in [0.25, 0.3) is 0 Å². The van der Waals surface area contributed by atoms with Gasteiger partial charge in [0.05, 0.1) is 18.7 Å². The van der Waals surface area contributed by atoms with Crippen LogP contribution >= 0.6 is 11.3 Å². The molecule has 0 saturated heterocycles. The Morgan fingerprint density at radius 3 is 2.30 bits per heavy atom. The van der Waals surface area contributed by atoms with Gasteiger partial charge in [0.15, 0.2) is 5.82 Å². The number of amides is 2. The second kappa shape index (κ2) is 16.4. The average molecular weight is 603 g/mol. The lowest BCUT2D eigenvalue weighted by molar-refractivity contribution is -0.117. The minimum Gasteiger partial charge on any atom is -0.361 e. The molecule has 3 N–H and O–H groups in total. The fourth-order valence-corrected chi connectivity index (χ4v) is 5.10. The molecular weight excluding hydrogens is 564 g/mol. The highest BCUT2D eigenvalue weighted by Crippen LogP contribution is 2.20. The van der Waals surface area contributed by atoms with Crippen molar-refractivity contribution in [2.75, 3.05) is 43.7 Å². The van der Waals surface area contributed by atoms with Gasteiger partial charge in [0.2, 0.25) is 16.9 Å². The van der Waals surface area contributed by atoms with Crippen LogP contribution in [0.25, 0.3) is 0 Å². The van der Waals surface area contributed by atoms with Crippen LogP contribution in [0.1, 0.15) is 34.7 Å². The number of carbonyl (C=O) groups is 2. The number of ether oxygens (including phenoxy) is 1. The monoisotopic (exact) mass is 602 g/mol. The van der Waals surface area contributed by atoms with E-state index in [4.69, 9.17) is 4.74 Å². The molecule has 0 fully saturated rings. The summed E-state index contributed by atoms with van der Waals surface area (Å²) in [6.45, 7) is 0.335. The Bertz CT molecular complexity index is 1430. The second-order valence-corrected chi connectivity index (χ2v) is 11.4. The number of anilines is 3. The van der Waals surface area contributed by atoms with Gasteiger partial charge in [-0.15, -0.1) is 15.3 Å². The molecule has 12 heteroatoms. The van der Waals surface area contributed by atoms with Gasteiger partial charge >= 0.3 is 0 Å². The summed E-state index contributed by atoms with van der Waals surface area (Å²) in [5.74, 6) is 0.284. The van der Waals surface area contributed by atoms with Crippen LogP contribution < -0.4 is 16.0 Å². The molecule has 43 heavy (non-hydrogen) atoms. The van der Waals surface area contributed by atoms with E-state index in [1.165, 1.54) is 11.3 Å². The van der Waals surface area contributed by atoms with Crippen molar-refractivity contribution < 1.29 is 14.3 Å². The summed E-state index contributed by atoms with van der Waals surface area (Å²) in [7, 11) is 5.37. The Labute approximate surface area is 256 Å². The van der Waals surface area contributed by atoms with Crippen molar-refractivity contribution in [3.63, 3.8) is 0 Å². The van der Waals surface area contributed by atoms with Crippen LogP contribution in [-0.4, -0.2) is 71.1 Å². The zero-order valence-electron chi connectivity index (χ0n) is 24.7. The van der Waals surface area contributed by atoms with Gasteiger partial charge in [-0.25, -0.2) is 0 Å². The van der Waals surface area contributed by atoms with E-state index in [9.17, 15) is 9.59 Å². The smallest absolute Gasteiger partial charge is 0.238 e. The van der Waals surface area contributed by atoms with Crippen LogP contribution in [0.3, 0.4) is 0 Å². The quantitative estimate of drug-likeness (QED) is 0.127. The molecule has 4 aromatic rings. The summed E-state index contributed by atoms with van der Waals surface area (Å²) >= 11 is 1.52. The number of rotatable bonds is 16. The number of unbranched alkanes of at least 4 members (excludes halogenated alkanes) is 1. The number of aromatic nitrogens is 4. The maximum absolute atomic E-state index is 12.2. The summed E-state index contributed by atoms with van der Waals surface area (Å²) in [5.41, 5.74) is 3.67. The highest BCUT2D eigenvalue weighted by molar-refractivity contribution is 7.15. The number of nitrogens with zero attached hydrogens (tertiary/aromatic N) is 5. The van der Waals surface area contributed by atoms with Crippen molar-refractivity contribution in [1.29, 1.82) is 0 Å². The van der Waals surface area contributed by atoms with Gasteiger partial charge < -0.3 is 25.6 Å². The Kier molecular flexibility index (Phi) is 12.1. The third-order valence-electron chi connectivity index (χ3n) is 6.42. The molecule has 4 rings (SSSR count). The molecule has 0 aliphatic rings. The van der Waals surface area contributed by atoms with Crippen molar-refractivity contribution in [3.05, 3.63) is 88.6 Å². The van der Waals surface area contributed by atoms with Gasteiger partial charge in [-0.1, -0.05) is 53.8 Å². The van der Waals surface area contributed by atoms with Crippen LogP contribution in [0, 0.1) is 0 Å². The Hall–Kier alpha value is -4.26. The van der Waals surface area contributed by atoms with E-state index in [1.54, 1.807) is 13.2 Å². The SMILES string of the molecule is COC(Cc1ccc(NC(=O)CN(C)C)cc1)Nc1nnc(CCCCc2ccc(NC(=O)Cc3ccccc3)nn2)s1. The van der Waals surface area contributed by atoms with Crippen molar-refractivity contribution >= 4 is 39.8 Å².